The normalized spacial score (nSPS) is 13.6. The number of aryl methyl sites for hydroxylation is 1. The largest absolute Gasteiger partial charge is 0.264 e. The van der Waals surface area contributed by atoms with Gasteiger partial charge in [-0.2, -0.15) is 17.0 Å². The molecule has 2 aromatic heterocycles. The van der Waals surface area contributed by atoms with Gasteiger partial charge in [-0.15, -0.1) is 0 Å². The van der Waals surface area contributed by atoms with Gasteiger partial charge in [-0.3, -0.25) is 9.97 Å². The van der Waals surface area contributed by atoms with E-state index in [0.29, 0.717) is 5.56 Å². The van der Waals surface area contributed by atoms with Gasteiger partial charge in [0.05, 0.1) is 11.3 Å². The Morgan fingerprint density at radius 3 is 3.09 bits per heavy atom. The number of thioether (sulfide) groups is 1. The Morgan fingerprint density at radius 2 is 2.18 bits per heavy atom. The second kappa shape index (κ2) is 5.43. The summed E-state index contributed by atoms with van der Waals surface area (Å²) in [6, 6.07) is 12.4. The van der Waals surface area contributed by atoms with Crippen LogP contribution in [0.5, 0.6) is 0 Å². The monoisotopic (exact) mass is 303 g/mol. The summed E-state index contributed by atoms with van der Waals surface area (Å²) in [7, 11) is 0. The fraction of sp³-hybridized carbons (Fsp3) is 0.167. The van der Waals surface area contributed by atoms with E-state index in [1.54, 1.807) is 6.20 Å². The van der Waals surface area contributed by atoms with E-state index in [4.69, 9.17) is 4.98 Å². The molecule has 0 N–H and O–H groups in total. The van der Waals surface area contributed by atoms with Gasteiger partial charge in [0.25, 0.3) is 0 Å². The Kier molecular flexibility index (Phi) is 3.28. The topological polar surface area (TPSA) is 49.6 Å². The fourth-order valence-electron chi connectivity index (χ4n) is 2.90. The molecule has 4 rings (SSSR count). The average molecular weight is 303 g/mol. The second-order valence-electron chi connectivity index (χ2n) is 5.31. The minimum atomic E-state index is 0.658. The minimum absolute atomic E-state index is 0.658. The molecular formula is C18H13N3S. The summed E-state index contributed by atoms with van der Waals surface area (Å²) in [4.78, 5) is 9.02. The molecular weight excluding hydrogens is 290 g/mol. The maximum absolute atomic E-state index is 9.54. The molecule has 0 spiro atoms. The molecule has 3 heterocycles. The second-order valence-corrected chi connectivity index (χ2v) is 6.41. The lowest BCUT2D eigenvalue weighted by Gasteiger charge is -2.17. The molecule has 0 radical (unpaired) electrons. The summed E-state index contributed by atoms with van der Waals surface area (Å²) < 4.78 is 0. The van der Waals surface area contributed by atoms with E-state index in [1.165, 1.54) is 5.56 Å². The van der Waals surface area contributed by atoms with E-state index in [-0.39, 0.29) is 0 Å². The molecule has 106 valence electrons. The quantitative estimate of drug-likeness (QED) is 0.683. The van der Waals surface area contributed by atoms with Gasteiger partial charge in [-0.1, -0.05) is 18.2 Å². The summed E-state index contributed by atoms with van der Waals surface area (Å²) in [6.07, 6.45) is 4.61. The highest BCUT2D eigenvalue weighted by molar-refractivity contribution is 7.98. The zero-order chi connectivity index (χ0) is 14.9. The molecule has 1 aromatic carbocycles. The van der Waals surface area contributed by atoms with Gasteiger partial charge in [0.15, 0.2) is 0 Å². The molecule has 0 saturated heterocycles. The van der Waals surface area contributed by atoms with Crippen LogP contribution in [0.2, 0.25) is 0 Å². The van der Waals surface area contributed by atoms with Crippen LogP contribution in [0.15, 0.2) is 42.7 Å². The van der Waals surface area contributed by atoms with E-state index in [1.807, 2.05) is 48.3 Å². The van der Waals surface area contributed by atoms with Crippen molar-refractivity contribution < 1.29 is 0 Å². The number of hydrogen-bond donors (Lipinski definition) is 0. The van der Waals surface area contributed by atoms with Gasteiger partial charge >= 0.3 is 0 Å². The highest BCUT2D eigenvalue weighted by atomic mass is 32.2. The van der Waals surface area contributed by atoms with Crippen LogP contribution in [-0.4, -0.2) is 15.7 Å². The third-order valence-corrected chi connectivity index (χ3v) is 5.00. The van der Waals surface area contributed by atoms with Gasteiger partial charge in [0.1, 0.15) is 6.07 Å². The van der Waals surface area contributed by atoms with Crippen LogP contribution >= 0.6 is 11.8 Å². The smallest absolute Gasteiger partial charge is 0.101 e. The third kappa shape index (κ3) is 2.15. The number of rotatable bonds is 1. The fourth-order valence-corrected chi connectivity index (χ4v) is 3.86. The molecule has 0 unspecified atom stereocenters. The Hall–Kier alpha value is -2.38. The van der Waals surface area contributed by atoms with Crippen LogP contribution in [0.1, 0.15) is 16.8 Å². The van der Waals surface area contributed by atoms with Crippen LogP contribution in [0, 0.1) is 11.3 Å². The minimum Gasteiger partial charge on any atom is -0.264 e. The summed E-state index contributed by atoms with van der Waals surface area (Å²) in [5, 5.41) is 11.7. The molecule has 0 saturated carbocycles. The number of nitrogens with zero attached hydrogens (tertiary/aromatic N) is 3. The van der Waals surface area contributed by atoms with Crippen molar-refractivity contribution in [2.24, 2.45) is 0 Å². The highest BCUT2D eigenvalue weighted by Crippen LogP contribution is 2.32. The van der Waals surface area contributed by atoms with E-state index in [2.05, 4.69) is 11.1 Å². The molecule has 3 aromatic rings. The van der Waals surface area contributed by atoms with Crippen LogP contribution in [0.25, 0.3) is 22.0 Å². The van der Waals surface area contributed by atoms with Crippen molar-refractivity contribution >= 4 is 22.5 Å². The predicted molar refractivity (Wildman–Crippen MR) is 89.6 cm³/mol. The first-order chi connectivity index (χ1) is 10.9. The Labute approximate surface area is 133 Å². The average Bonchev–Trinajstić information content (AvgIpc) is 2.60. The van der Waals surface area contributed by atoms with E-state index >= 15 is 0 Å². The van der Waals surface area contributed by atoms with E-state index < -0.39 is 0 Å². The van der Waals surface area contributed by atoms with Crippen LogP contribution < -0.4 is 0 Å². The standard InChI is InChI=1S/C18H13N3S/c19-9-13-8-14-11-22-7-5-17(14)21-18(13)16-3-1-2-12-10-20-6-4-15(12)16/h1-4,6,8,10H,5,7,11H2. The lowest BCUT2D eigenvalue weighted by Crippen LogP contribution is -2.07. The first-order valence-corrected chi connectivity index (χ1v) is 8.36. The third-order valence-electron chi connectivity index (χ3n) is 3.99. The molecule has 1 aliphatic rings. The lowest BCUT2D eigenvalue weighted by molar-refractivity contribution is 0.992. The number of nitriles is 1. The van der Waals surface area contributed by atoms with Crippen molar-refractivity contribution in [3.05, 3.63) is 59.5 Å². The van der Waals surface area contributed by atoms with Crippen LogP contribution in [0.4, 0.5) is 0 Å². The summed E-state index contributed by atoms with van der Waals surface area (Å²) in [5.41, 5.74) is 4.81. The van der Waals surface area contributed by atoms with E-state index in [9.17, 15) is 5.26 Å². The molecule has 0 aliphatic carbocycles. The molecule has 1 aliphatic heterocycles. The van der Waals surface area contributed by atoms with E-state index in [0.717, 1.165) is 45.7 Å². The lowest BCUT2D eigenvalue weighted by atomic mass is 9.98. The molecule has 0 fully saturated rings. The van der Waals surface area contributed by atoms with Gasteiger partial charge in [-0.05, 0) is 35.3 Å². The number of benzene rings is 1. The van der Waals surface area contributed by atoms with Gasteiger partial charge in [0.2, 0.25) is 0 Å². The first kappa shape index (κ1) is 13.3. The molecule has 22 heavy (non-hydrogen) atoms. The number of hydrogen-bond acceptors (Lipinski definition) is 4. The van der Waals surface area contributed by atoms with Crippen LogP contribution in [0.3, 0.4) is 0 Å². The molecule has 4 heteroatoms. The van der Waals surface area contributed by atoms with Crippen LogP contribution in [-0.2, 0) is 12.2 Å². The van der Waals surface area contributed by atoms with Crippen molar-refractivity contribution in [2.45, 2.75) is 12.2 Å². The zero-order valence-corrected chi connectivity index (χ0v) is 12.7. The Morgan fingerprint density at radius 1 is 1.23 bits per heavy atom. The van der Waals surface area contributed by atoms with Crippen molar-refractivity contribution in [2.75, 3.05) is 5.75 Å². The Bertz CT molecular complexity index is 907. The molecule has 0 bridgehead atoms. The number of pyridine rings is 2. The summed E-state index contributed by atoms with van der Waals surface area (Å²) in [5.74, 6) is 2.06. The van der Waals surface area contributed by atoms with Crippen molar-refractivity contribution in [1.29, 1.82) is 5.26 Å². The van der Waals surface area contributed by atoms with Crippen molar-refractivity contribution in [1.82, 2.24) is 9.97 Å². The van der Waals surface area contributed by atoms with Crippen molar-refractivity contribution in [3.8, 4) is 17.3 Å². The SMILES string of the molecule is N#Cc1cc2c(nc1-c1cccc3cnccc13)CCSC2. The van der Waals surface area contributed by atoms with Gasteiger partial charge in [0, 0.05) is 34.8 Å². The predicted octanol–water partition coefficient (Wildman–Crippen LogP) is 3.96. The highest BCUT2D eigenvalue weighted by Gasteiger charge is 2.17. The number of fused-ring (bicyclic) bond motifs is 2. The maximum Gasteiger partial charge on any atom is 0.101 e. The summed E-state index contributed by atoms with van der Waals surface area (Å²) >= 11 is 1.90. The molecule has 0 atom stereocenters. The Balaban J connectivity index is 2.00. The molecule has 0 amide bonds. The zero-order valence-electron chi connectivity index (χ0n) is 11.9. The molecule has 3 nitrogen and oxygen atoms in total. The van der Waals surface area contributed by atoms with Gasteiger partial charge in [-0.25, -0.2) is 0 Å². The summed E-state index contributed by atoms with van der Waals surface area (Å²) in [6.45, 7) is 0. The first-order valence-electron chi connectivity index (χ1n) is 7.20. The number of aromatic nitrogens is 2. The van der Waals surface area contributed by atoms with Crippen molar-refractivity contribution in [3.63, 3.8) is 0 Å². The van der Waals surface area contributed by atoms with Gasteiger partial charge < -0.3 is 0 Å². The maximum atomic E-state index is 9.54.